The van der Waals surface area contributed by atoms with E-state index >= 15 is 0 Å². The molecule has 0 unspecified atom stereocenters. The highest BCUT2D eigenvalue weighted by atomic mass is 32.1. The number of anilines is 3. The van der Waals surface area contributed by atoms with Gasteiger partial charge in [-0.25, -0.2) is 15.0 Å². The number of nitrogens with one attached hydrogen (secondary N) is 3. The summed E-state index contributed by atoms with van der Waals surface area (Å²) in [4.78, 5) is 43.7. The molecule has 0 aliphatic carbocycles. The molecule has 3 aromatic heterocycles. The van der Waals surface area contributed by atoms with Crippen LogP contribution in [-0.2, 0) is 9.59 Å². The molecule has 10 nitrogen and oxygen atoms in total. The van der Waals surface area contributed by atoms with E-state index in [9.17, 15) is 9.59 Å². The molecular formula is C23H26N8O2S. The van der Waals surface area contributed by atoms with E-state index in [1.807, 2.05) is 12.1 Å². The summed E-state index contributed by atoms with van der Waals surface area (Å²) >= 11 is 1.51. The quantitative estimate of drug-likeness (QED) is 0.316. The molecule has 34 heavy (non-hydrogen) atoms. The Bertz CT molecular complexity index is 1200. The minimum atomic E-state index is -0.624. The van der Waals surface area contributed by atoms with Gasteiger partial charge in [0.25, 0.3) is 5.91 Å². The number of likely N-dealkylation sites (N-methyl/N-ethyl adjacent to an activating group) is 1. The molecule has 11 heteroatoms. The molecule has 0 aromatic carbocycles. The van der Waals surface area contributed by atoms with Crippen molar-refractivity contribution in [1.29, 1.82) is 0 Å². The van der Waals surface area contributed by atoms with Crippen LogP contribution in [0, 0.1) is 18.8 Å². The Morgan fingerprint density at radius 1 is 1.18 bits per heavy atom. The Labute approximate surface area is 202 Å². The fraction of sp³-hybridized carbons (Fsp3) is 0.304. The van der Waals surface area contributed by atoms with E-state index in [1.165, 1.54) is 16.2 Å². The SMILES string of the molecule is CC#CC(=O)N(C)[C@@H](C)C(=O)NCCNc1cc(Nc2ncc(-c3ccncc3)s2)nc(C)n1. The second kappa shape index (κ2) is 11.7. The lowest BCUT2D eigenvalue weighted by molar-refractivity contribution is -0.134. The molecule has 2 amide bonds. The van der Waals surface area contributed by atoms with Crippen LogP contribution in [0.15, 0.2) is 36.8 Å². The third-order valence-corrected chi connectivity index (χ3v) is 5.75. The summed E-state index contributed by atoms with van der Waals surface area (Å²) in [6, 6.07) is 5.02. The van der Waals surface area contributed by atoms with E-state index in [-0.39, 0.29) is 5.91 Å². The lowest BCUT2D eigenvalue weighted by Crippen LogP contribution is -2.46. The van der Waals surface area contributed by atoms with Crippen LogP contribution in [-0.4, -0.2) is 62.8 Å². The molecule has 0 fully saturated rings. The molecule has 0 saturated heterocycles. The zero-order chi connectivity index (χ0) is 24.5. The van der Waals surface area contributed by atoms with Crippen LogP contribution in [0.3, 0.4) is 0 Å². The van der Waals surface area contributed by atoms with Crippen LogP contribution in [0.4, 0.5) is 16.8 Å². The van der Waals surface area contributed by atoms with Gasteiger partial charge in [-0.1, -0.05) is 17.3 Å². The maximum absolute atomic E-state index is 12.3. The lowest BCUT2D eigenvalue weighted by atomic mass is 10.2. The minimum absolute atomic E-state index is 0.259. The first kappa shape index (κ1) is 24.6. The molecule has 0 spiro atoms. The fourth-order valence-electron chi connectivity index (χ4n) is 2.88. The number of thiazole rings is 1. The van der Waals surface area contributed by atoms with Gasteiger partial charge < -0.3 is 20.9 Å². The molecule has 0 saturated carbocycles. The maximum atomic E-state index is 12.3. The molecule has 3 heterocycles. The zero-order valence-corrected chi connectivity index (χ0v) is 20.2. The molecule has 0 bridgehead atoms. The smallest absolute Gasteiger partial charge is 0.298 e. The van der Waals surface area contributed by atoms with Crippen LogP contribution in [0.1, 0.15) is 19.7 Å². The van der Waals surface area contributed by atoms with E-state index < -0.39 is 11.9 Å². The van der Waals surface area contributed by atoms with Crippen molar-refractivity contribution in [2.24, 2.45) is 0 Å². The van der Waals surface area contributed by atoms with Gasteiger partial charge in [-0.05, 0) is 44.4 Å². The summed E-state index contributed by atoms with van der Waals surface area (Å²) in [5.41, 5.74) is 1.05. The number of nitrogens with zero attached hydrogens (tertiary/aromatic N) is 5. The molecule has 0 aliphatic heterocycles. The average Bonchev–Trinajstić information content (AvgIpc) is 3.29. The van der Waals surface area contributed by atoms with E-state index in [0.717, 1.165) is 10.4 Å². The van der Waals surface area contributed by atoms with Crippen LogP contribution >= 0.6 is 11.3 Å². The van der Waals surface area contributed by atoms with Gasteiger partial charge in [-0.15, -0.1) is 0 Å². The number of amides is 2. The highest BCUT2D eigenvalue weighted by molar-refractivity contribution is 7.18. The van der Waals surface area contributed by atoms with Gasteiger partial charge in [0.15, 0.2) is 5.13 Å². The number of hydrogen-bond acceptors (Lipinski definition) is 9. The highest BCUT2D eigenvalue weighted by Gasteiger charge is 2.20. The topological polar surface area (TPSA) is 125 Å². The van der Waals surface area contributed by atoms with Crippen molar-refractivity contribution < 1.29 is 9.59 Å². The van der Waals surface area contributed by atoms with Crippen molar-refractivity contribution >= 4 is 39.9 Å². The van der Waals surface area contributed by atoms with Crippen molar-refractivity contribution in [1.82, 2.24) is 30.2 Å². The molecule has 3 N–H and O–H groups in total. The van der Waals surface area contributed by atoms with Gasteiger partial charge in [0.1, 0.15) is 23.5 Å². The van der Waals surface area contributed by atoms with Gasteiger partial charge in [0, 0.05) is 44.8 Å². The van der Waals surface area contributed by atoms with Crippen LogP contribution in [0.5, 0.6) is 0 Å². The Kier molecular flexibility index (Phi) is 8.48. The van der Waals surface area contributed by atoms with Gasteiger partial charge in [0.2, 0.25) is 5.91 Å². The summed E-state index contributed by atoms with van der Waals surface area (Å²) in [7, 11) is 1.55. The summed E-state index contributed by atoms with van der Waals surface area (Å²) < 4.78 is 0. The third kappa shape index (κ3) is 6.73. The van der Waals surface area contributed by atoms with Gasteiger partial charge in [-0.3, -0.25) is 14.6 Å². The van der Waals surface area contributed by atoms with E-state index in [2.05, 4.69) is 47.7 Å². The van der Waals surface area contributed by atoms with E-state index in [0.29, 0.717) is 35.7 Å². The molecular weight excluding hydrogens is 452 g/mol. The molecule has 3 rings (SSSR count). The van der Waals surface area contributed by atoms with Crippen molar-refractivity contribution in [2.45, 2.75) is 26.8 Å². The fourth-order valence-corrected chi connectivity index (χ4v) is 3.71. The predicted octanol–water partition coefficient (Wildman–Crippen LogP) is 2.45. The van der Waals surface area contributed by atoms with Crippen LogP contribution in [0.2, 0.25) is 0 Å². The predicted molar refractivity (Wildman–Crippen MR) is 133 cm³/mol. The van der Waals surface area contributed by atoms with Crippen LogP contribution in [0.25, 0.3) is 10.4 Å². The first-order valence-electron chi connectivity index (χ1n) is 10.6. The lowest BCUT2D eigenvalue weighted by Gasteiger charge is -2.22. The monoisotopic (exact) mass is 478 g/mol. The number of aromatic nitrogens is 4. The Balaban J connectivity index is 1.52. The number of aryl methyl sites for hydroxylation is 1. The Hall–Kier alpha value is -4.04. The molecule has 1 atom stereocenters. The van der Waals surface area contributed by atoms with Crippen molar-refractivity contribution in [2.75, 3.05) is 30.8 Å². The largest absolute Gasteiger partial charge is 0.368 e. The summed E-state index contributed by atoms with van der Waals surface area (Å²) in [6.45, 7) is 5.84. The van der Waals surface area contributed by atoms with Crippen LogP contribution < -0.4 is 16.0 Å². The average molecular weight is 479 g/mol. The van der Waals surface area contributed by atoms with E-state index in [4.69, 9.17) is 0 Å². The third-order valence-electron chi connectivity index (χ3n) is 4.79. The van der Waals surface area contributed by atoms with Gasteiger partial charge >= 0.3 is 0 Å². The zero-order valence-electron chi connectivity index (χ0n) is 19.4. The molecule has 3 aromatic rings. The Morgan fingerprint density at radius 3 is 2.65 bits per heavy atom. The molecule has 0 radical (unpaired) electrons. The first-order chi connectivity index (χ1) is 16.4. The van der Waals surface area contributed by atoms with Crippen molar-refractivity contribution in [3.8, 4) is 22.3 Å². The van der Waals surface area contributed by atoms with Crippen molar-refractivity contribution in [3.05, 3.63) is 42.6 Å². The highest BCUT2D eigenvalue weighted by Crippen LogP contribution is 2.30. The maximum Gasteiger partial charge on any atom is 0.298 e. The number of pyridine rings is 1. The van der Waals surface area contributed by atoms with Crippen molar-refractivity contribution in [3.63, 3.8) is 0 Å². The number of carbonyl (C=O) groups is 2. The normalized spacial score (nSPS) is 11.1. The number of hydrogen-bond donors (Lipinski definition) is 3. The summed E-state index contributed by atoms with van der Waals surface area (Å²) in [6.07, 6.45) is 5.30. The minimum Gasteiger partial charge on any atom is -0.368 e. The van der Waals surface area contributed by atoms with E-state index in [1.54, 1.807) is 52.5 Å². The number of carbonyl (C=O) groups excluding carboxylic acids is 2. The van der Waals surface area contributed by atoms with Gasteiger partial charge in [0.05, 0.1) is 4.88 Å². The van der Waals surface area contributed by atoms with Gasteiger partial charge in [-0.2, -0.15) is 0 Å². The molecule has 176 valence electrons. The number of rotatable bonds is 9. The standard InChI is InChI=1S/C23H26N8O2S/c1-5-6-21(32)31(4)15(2)22(33)26-12-11-25-19-13-20(29-16(3)28-19)30-23-27-14-18(34-23)17-7-9-24-10-8-17/h7-10,13-15H,11-12H2,1-4H3,(H,26,33)(H2,25,27,28,29,30)/t15-/m0/s1. The summed E-state index contributed by atoms with van der Waals surface area (Å²) in [5, 5.41) is 9.91. The first-order valence-corrected chi connectivity index (χ1v) is 11.4. The second-order valence-electron chi connectivity index (χ2n) is 7.26. The Morgan fingerprint density at radius 2 is 1.91 bits per heavy atom. The second-order valence-corrected chi connectivity index (χ2v) is 8.29. The molecule has 0 aliphatic rings. The summed E-state index contributed by atoms with van der Waals surface area (Å²) in [5.74, 6) is 6.13.